The minimum absolute atomic E-state index is 0.265. The average molecular weight is 225 g/mol. The molecular weight excluding hydrogens is 210 g/mol. The molecule has 2 N–H and O–H groups in total. The molecule has 1 rings (SSSR count). The van der Waals surface area contributed by atoms with Gasteiger partial charge in [-0.2, -0.15) is 5.10 Å². The molecule has 0 radical (unpaired) electrons. The van der Waals surface area contributed by atoms with Crippen LogP contribution >= 0.6 is 0 Å². The van der Waals surface area contributed by atoms with E-state index in [1.165, 1.54) is 10.9 Å². The maximum Gasteiger partial charge on any atom is 0.331 e. The highest BCUT2D eigenvalue weighted by Crippen LogP contribution is 2.12. The third kappa shape index (κ3) is 3.08. The van der Waals surface area contributed by atoms with Crippen LogP contribution in [-0.2, 0) is 16.6 Å². The summed E-state index contributed by atoms with van der Waals surface area (Å²) in [4.78, 5) is 22.3. The highest BCUT2D eigenvalue weighted by molar-refractivity contribution is 5.84. The van der Waals surface area contributed by atoms with Gasteiger partial charge in [0.25, 0.3) is 0 Å². The van der Waals surface area contributed by atoms with Gasteiger partial charge in [-0.05, 0) is 6.42 Å². The van der Waals surface area contributed by atoms with E-state index in [-0.39, 0.29) is 5.91 Å². The van der Waals surface area contributed by atoms with Gasteiger partial charge in [0.05, 0.1) is 6.20 Å². The monoisotopic (exact) mass is 225 g/mol. The Kier molecular flexibility index (Phi) is 4.04. The second-order valence-corrected chi connectivity index (χ2v) is 3.54. The van der Waals surface area contributed by atoms with E-state index in [4.69, 9.17) is 5.11 Å². The number of aryl methyl sites for hydroxylation is 1. The predicted octanol–water partition coefficient (Wildman–Crippen LogP) is 0.462. The average Bonchev–Trinajstić information content (AvgIpc) is 2.61. The first-order valence-electron chi connectivity index (χ1n) is 5.05. The SMILES string of the molecule is CCCC(=O)NC(C(=O)O)c1cnn(C)c1. The fourth-order valence-electron chi connectivity index (χ4n) is 1.34. The predicted molar refractivity (Wildman–Crippen MR) is 56.6 cm³/mol. The minimum Gasteiger partial charge on any atom is -0.479 e. The van der Waals surface area contributed by atoms with Crippen LogP contribution in [0.25, 0.3) is 0 Å². The number of carboxylic acids is 1. The van der Waals surface area contributed by atoms with E-state index in [1.807, 2.05) is 6.92 Å². The second-order valence-electron chi connectivity index (χ2n) is 3.54. The molecule has 16 heavy (non-hydrogen) atoms. The lowest BCUT2D eigenvalue weighted by molar-refractivity contribution is -0.142. The normalized spacial score (nSPS) is 12.1. The summed E-state index contributed by atoms with van der Waals surface area (Å²) in [5, 5.41) is 15.3. The number of rotatable bonds is 5. The lowest BCUT2D eigenvalue weighted by Crippen LogP contribution is -2.33. The van der Waals surface area contributed by atoms with Crippen LogP contribution in [0.5, 0.6) is 0 Å². The van der Waals surface area contributed by atoms with Gasteiger partial charge in [0.15, 0.2) is 6.04 Å². The minimum atomic E-state index is -1.09. The van der Waals surface area contributed by atoms with Crippen LogP contribution in [0, 0.1) is 0 Å². The van der Waals surface area contributed by atoms with Crippen LogP contribution in [-0.4, -0.2) is 26.8 Å². The number of nitrogens with one attached hydrogen (secondary N) is 1. The zero-order chi connectivity index (χ0) is 12.1. The second kappa shape index (κ2) is 5.29. The lowest BCUT2D eigenvalue weighted by atomic mass is 10.1. The number of carbonyl (C=O) groups is 2. The number of nitrogens with zero attached hydrogens (tertiary/aromatic N) is 2. The van der Waals surface area contributed by atoms with Crippen molar-refractivity contribution in [1.29, 1.82) is 0 Å². The Morgan fingerprint density at radius 2 is 2.31 bits per heavy atom. The lowest BCUT2D eigenvalue weighted by Gasteiger charge is -2.12. The maximum atomic E-state index is 11.3. The van der Waals surface area contributed by atoms with Crippen molar-refractivity contribution in [1.82, 2.24) is 15.1 Å². The zero-order valence-corrected chi connectivity index (χ0v) is 9.30. The summed E-state index contributed by atoms with van der Waals surface area (Å²) in [7, 11) is 1.69. The zero-order valence-electron chi connectivity index (χ0n) is 9.30. The standard InChI is InChI=1S/C10H15N3O3/c1-3-4-8(14)12-9(10(15)16)7-5-11-13(2)6-7/h5-6,9H,3-4H2,1-2H3,(H,12,14)(H,15,16). The molecule has 0 saturated heterocycles. The maximum absolute atomic E-state index is 11.3. The van der Waals surface area contributed by atoms with Gasteiger partial charge in [0.2, 0.25) is 5.91 Å². The molecule has 6 heteroatoms. The fraction of sp³-hybridized carbons (Fsp3) is 0.500. The molecular formula is C10H15N3O3. The number of amides is 1. The number of hydrogen-bond donors (Lipinski definition) is 2. The largest absolute Gasteiger partial charge is 0.479 e. The Morgan fingerprint density at radius 3 is 2.75 bits per heavy atom. The summed E-state index contributed by atoms with van der Waals surface area (Å²) in [6.45, 7) is 1.86. The van der Waals surface area contributed by atoms with Gasteiger partial charge < -0.3 is 10.4 Å². The van der Waals surface area contributed by atoms with Gasteiger partial charge >= 0.3 is 5.97 Å². The van der Waals surface area contributed by atoms with Crippen molar-refractivity contribution in [2.24, 2.45) is 7.05 Å². The third-order valence-electron chi connectivity index (χ3n) is 2.09. The van der Waals surface area contributed by atoms with Crippen molar-refractivity contribution in [2.75, 3.05) is 0 Å². The Bertz CT molecular complexity index is 386. The molecule has 1 unspecified atom stereocenters. The molecule has 0 bridgehead atoms. The highest BCUT2D eigenvalue weighted by Gasteiger charge is 2.22. The molecule has 1 aromatic rings. The van der Waals surface area contributed by atoms with Crippen molar-refractivity contribution < 1.29 is 14.7 Å². The van der Waals surface area contributed by atoms with Gasteiger partial charge in [-0.15, -0.1) is 0 Å². The molecule has 1 heterocycles. The van der Waals surface area contributed by atoms with Crippen LogP contribution in [0.1, 0.15) is 31.4 Å². The number of aromatic nitrogens is 2. The smallest absolute Gasteiger partial charge is 0.331 e. The summed E-state index contributed by atoms with van der Waals surface area (Å²) in [6.07, 6.45) is 4.02. The fourth-order valence-corrected chi connectivity index (χ4v) is 1.34. The van der Waals surface area contributed by atoms with Gasteiger partial charge in [0, 0.05) is 25.2 Å². The summed E-state index contributed by atoms with van der Waals surface area (Å²) >= 11 is 0. The molecule has 0 saturated carbocycles. The van der Waals surface area contributed by atoms with E-state index in [1.54, 1.807) is 13.2 Å². The molecule has 0 spiro atoms. The van der Waals surface area contributed by atoms with Crippen molar-refractivity contribution in [3.63, 3.8) is 0 Å². The van der Waals surface area contributed by atoms with Gasteiger partial charge in [-0.25, -0.2) is 4.79 Å². The summed E-state index contributed by atoms with van der Waals surface area (Å²) in [5.74, 6) is -1.35. The van der Waals surface area contributed by atoms with Crippen LogP contribution in [0.2, 0.25) is 0 Å². The molecule has 6 nitrogen and oxygen atoms in total. The van der Waals surface area contributed by atoms with E-state index < -0.39 is 12.0 Å². The quantitative estimate of drug-likeness (QED) is 0.762. The van der Waals surface area contributed by atoms with E-state index in [0.29, 0.717) is 18.4 Å². The summed E-state index contributed by atoms with van der Waals surface area (Å²) in [6, 6.07) is -1.02. The Balaban J connectivity index is 2.76. The van der Waals surface area contributed by atoms with Crippen molar-refractivity contribution in [2.45, 2.75) is 25.8 Å². The topological polar surface area (TPSA) is 84.2 Å². The van der Waals surface area contributed by atoms with Crippen LogP contribution in [0.4, 0.5) is 0 Å². The molecule has 0 fully saturated rings. The highest BCUT2D eigenvalue weighted by atomic mass is 16.4. The molecule has 88 valence electrons. The van der Waals surface area contributed by atoms with E-state index in [9.17, 15) is 9.59 Å². The Hall–Kier alpha value is -1.85. The number of carbonyl (C=O) groups excluding carboxylic acids is 1. The number of carboxylic acid groups (broad SMARTS) is 1. The van der Waals surface area contributed by atoms with Crippen molar-refractivity contribution in [3.8, 4) is 0 Å². The Morgan fingerprint density at radius 1 is 1.62 bits per heavy atom. The number of hydrogen-bond acceptors (Lipinski definition) is 3. The van der Waals surface area contributed by atoms with E-state index in [2.05, 4.69) is 10.4 Å². The van der Waals surface area contributed by atoms with Crippen molar-refractivity contribution >= 4 is 11.9 Å². The summed E-state index contributed by atoms with van der Waals surface area (Å²) in [5.41, 5.74) is 0.472. The van der Waals surface area contributed by atoms with E-state index in [0.717, 1.165) is 0 Å². The van der Waals surface area contributed by atoms with E-state index >= 15 is 0 Å². The third-order valence-corrected chi connectivity index (χ3v) is 2.09. The van der Waals surface area contributed by atoms with Crippen LogP contribution in [0.3, 0.4) is 0 Å². The first kappa shape index (κ1) is 12.2. The molecule has 1 amide bonds. The Labute approximate surface area is 93.3 Å². The molecule has 0 aliphatic rings. The van der Waals surface area contributed by atoms with Gasteiger partial charge in [-0.1, -0.05) is 6.92 Å². The first-order chi connectivity index (χ1) is 7.54. The molecule has 0 aliphatic carbocycles. The molecule has 0 aromatic carbocycles. The first-order valence-corrected chi connectivity index (χ1v) is 5.05. The molecule has 1 aromatic heterocycles. The van der Waals surface area contributed by atoms with Crippen LogP contribution < -0.4 is 5.32 Å². The van der Waals surface area contributed by atoms with Crippen LogP contribution in [0.15, 0.2) is 12.4 Å². The van der Waals surface area contributed by atoms with Gasteiger partial charge in [0.1, 0.15) is 0 Å². The molecule has 0 aliphatic heterocycles. The number of aliphatic carboxylic acids is 1. The van der Waals surface area contributed by atoms with Crippen molar-refractivity contribution in [3.05, 3.63) is 18.0 Å². The van der Waals surface area contributed by atoms with Gasteiger partial charge in [-0.3, -0.25) is 9.48 Å². The summed E-state index contributed by atoms with van der Waals surface area (Å²) < 4.78 is 1.50. The molecule has 1 atom stereocenters.